The van der Waals surface area contributed by atoms with Crippen molar-refractivity contribution in [1.29, 1.82) is 0 Å². The summed E-state index contributed by atoms with van der Waals surface area (Å²) in [5.74, 6) is -0.117. The van der Waals surface area contributed by atoms with Crippen molar-refractivity contribution in [3.05, 3.63) is 77.2 Å². The molecule has 0 N–H and O–H groups in total. The van der Waals surface area contributed by atoms with Gasteiger partial charge in [0.25, 0.3) is 0 Å². The van der Waals surface area contributed by atoms with Gasteiger partial charge in [0.15, 0.2) is 4.96 Å². The van der Waals surface area contributed by atoms with Crippen LogP contribution in [0.5, 0.6) is 0 Å². The first-order valence-corrected chi connectivity index (χ1v) is 11.8. The van der Waals surface area contributed by atoms with Crippen LogP contribution in [0.15, 0.2) is 60.1 Å². The zero-order chi connectivity index (χ0) is 22.1. The molecule has 1 saturated heterocycles. The highest BCUT2D eigenvalue weighted by Crippen LogP contribution is 2.25. The molecule has 164 valence electrons. The summed E-state index contributed by atoms with van der Waals surface area (Å²) in [6, 6.07) is 15.3. The highest BCUT2D eigenvalue weighted by Gasteiger charge is 2.23. The first-order chi connectivity index (χ1) is 15.6. The summed E-state index contributed by atoms with van der Waals surface area (Å²) in [4.78, 5) is 22.5. The highest BCUT2D eigenvalue weighted by atomic mass is 32.1. The van der Waals surface area contributed by atoms with Crippen LogP contribution < -0.4 is 4.90 Å². The second kappa shape index (κ2) is 8.74. The number of carbonyl (C=O) groups excluding carboxylic acids is 1. The summed E-state index contributed by atoms with van der Waals surface area (Å²) in [5, 5.41) is 2.01. The quantitative estimate of drug-likeness (QED) is 0.446. The Hall–Kier alpha value is -3.19. The number of amides is 1. The van der Waals surface area contributed by atoms with Gasteiger partial charge in [-0.3, -0.25) is 9.20 Å². The Morgan fingerprint density at radius 3 is 2.53 bits per heavy atom. The number of halogens is 1. The lowest BCUT2D eigenvalue weighted by molar-refractivity contribution is -0.130. The van der Waals surface area contributed by atoms with Gasteiger partial charge in [-0.15, -0.1) is 11.3 Å². The molecule has 3 heterocycles. The van der Waals surface area contributed by atoms with E-state index in [2.05, 4.69) is 31.2 Å². The lowest BCUT2D eigenvalue weighted by Gasteiger charge is -2.36. The van der Waals surface area contributed by atoms with Crippen molar-refractivity contribution in [1.82, 2.24) is 14.3 Å². The number of rotatable bonds is 5. The molecule has 0 aliphatic carbocycles. The summed E-state index contributed by atoms with van der Waals surface area (Å²) >= 11 is 1.56. The van der Waals surface area contributed by atoms with Gasteiger partial charge in [-0.1, -0.05) is 43.3 Å². The molecule has 0 atom stereocenters. The van der Waals surface area contributed by atoms with E-state index in [-0.39, 0.29) is 11.7 Å². The van der Waals surface area contributed by atoms with E-state index >= 15 is 0 Å². The highest BCUT2D eigenvalue weighted by molar-refractivity contribution is 7.15. The van der Waals surface area contributed by atoms with Crippen LogP contribution in [0.25, 0.3) is 16.2 Å². The van der Waals surface area contributed by atoms with Crippen molar-refractivity contribution >= 4 is 27.9 Å². The standard InChI is InChI=1S/C25H25FN4OS/c1-2-18-7-9-19(10-8-18)22-16-30-20(17-32-25(30)27-22)15-24(31)29-13-11-28(12-14-29)23-6-4-3-5-21(23)26/h3-10,16-17H,2,11-15H2,1H3. The van der Waals surface area contributed by atoms with Crippen molar-refractivity contribution < 1.29 is 9.18 Å². The third-order valence-electron chi connectivity index (χ3n) is 6.10. The van der Waals surface area contributed by atoms with Crippen molar-refractivity contribution in [2.24, 2.45) is 0 Å². The molecule has 7 heteroatoms. The van der Waals surface area contributed by atoms with Gasteiger partial charge in [0.2, 0.25) is 5.91 Å². The van der Waals surface area contributed by atoms with E-state index in [1.54, 1.807) is 23.5 Å². The smallest absolute Gasteiger partial charge is 0.228 e. The third-order valence-corrected chi connectivity index (χ3v) is 6.99. The van der Waals surface area contributed by atoms with E-state index in [1.165, 1.54) is 11.6 Å². The van der Waals surface area contributed by atoms with Gasteiger partial charge in [0.05, 0.1) is 17.8 Å². The van der Waals surface area contributed by atoms with Crippen LogP contribution in [0.3, 0.4) is 0 Å². The number of aryl methyl sites for hydroxylation is 1. The number of hydrogen-bond acceptors (Lipinski definition) is 4. The Kier molecular flexibility index (Phi) is 5.66. The van der Waals surface area contributed by atoms with Gasteiger partial charge >= 0.3 is 0 Å². The number of carbonyl (C=O) groups is 1. The minimum Gasteiger partial charge on any atom is -0.366 e. The Balaban J connectivity index is 1.26. The largest absolute Gasteiger partial charge is 0.366 e. The minimum atomic E-state index is -0.215. The molecule has 4 aromatic rings. The molecule has 5 nitrogen and oxygen atoms in total. The molecule has 0 unspecified atom stereocenters. The monoisotopic (exact) mass is 448 g/mol. The Morgan fingerprint density at radius 2 is 1.81 bits per heavy atom. The zero-order valence-electron chi connectivity index (χ0n) is 18.0. The van der Waals surface area contributed by atoms with E-state index in [0.29, 0.717) is 38.3 Å². The fraction of sp³-hybridized carbons (Fsp3) is 0.280. The van der Waals surface area contributed by atoms with Crippen LogP contribution in [-0.2, 0) is 17.6 Å². The normalized spacial score (nSPS) is 14.3. The van der Waals surface area contributed by atoms with Crippen LogP contribution >= 0.6 is 11.3 Å². The number of fused-ring (bicyclic) bond motifs is 1. The predicted octanol–water partition coefficient (Wildman–Crippen LogP) is 4.66. The van der Waals surface area contributed by atoms with Gasteiger partial charge < -0.3 is 9.80 Å². The number of anilines is 1. The predicted molar refractivity (Wildman–Crippen MR) is 127 cm³/mol. The molecule has 1 amide bonds. The third kappa shape index (κ3) is 4.00. The van der Waals surface area contributed by atoms with E-state index in [9.17, 15) is 9.18 Å². The summed E-state index contributed by atoms with van der Waals surface area (Å²) in [7, 11) is 0. The molecule has 2 aromatic heterocycles. The Labute approximate surface area is 190 Å². The van der Waals surface area contributed by atoms with E-state index < -0.39 is 0 Å². The fourth-order valence-electron chi connectivity index (χ4n) is 4.18. The van der Waals surface area contributed by atoms with E-state index in [1.807, 2.05) is 31.8 Å². The zero-order valence-corrected chi connectivity index (χ0v) is 18.8. The molecule has 1 aliphatic rings. The molecule has 1 fully saturated rings. The van der Waals surface area contributed by atoms with E-state index in [0.717, 1.165) is 28.3 Å². The van der Waals surface area contributed by atoms with Crippen molar-refractivity contribution in [2.75, 3.05) is 31.1 Å². The maximum atomic E-state index is 14.1. The maximum absolute atomic E-state index is 14.1. The summed E-state index contributed by atoms with van der Waals surface area (Å²) in [6.45, 7) is 4.60. The van der Waals surface area contributed by atoms with Crippen LogP contribution in [0.4, 0.5) is 10.1 Å². The first-order valence-electron chi connectivity index (χ1n) is 10.9. The maximum Gasteiger partial charge on any atom is 0.228 e. The van der Waals surface area contributed by atoms with Gasteiger partial charge in [-0.25, -0.2) is 9.37 Å². The number of nitrogens with zero attached hydrogens (tertiary/aromatic N) is 4. The van der Waals surface area contributed by atoms with Crippen molar-refractivity contribution in [2.45, 2.75) is 19.8 Å². The van der Waals surface area contributed by atoms with Gasteiger partial charge in [0, 0.05) is 49.0 Å². The Morgan fingerprint density at radius 1 is 1.06 bits per heavy atom. The molecule has 0 radical (unpaired) electrons. The molecule has 2 aromatic carbocycles. The number of para-hydroxylation sites is 1. The summed E-state index contributed by atoms with van der Waals surface area (Å²) in [5.41, 5.74) is 4.87. The van der Waals surface area contributed by atoms with Crippen LogP contribution in [-0.4, -0.2) is 46.4 Å². The molecular weight excluding hydrogens is 423 g/mol. The van der Waals surface area contributed by atoms with Gasteiger partial charge in [0.1, 0.15) is 5.82 Å². The van der Waals surface area contributed by atoms with Crippen molar-refractivity contribution in [3.63, 3.8) is 0 Å². The molecular formula is C25H25FN4OS. The van der Waals surface area contributed by atoms with Crippen LogP contribution in [0.2, 0.25) is 0 Å². The summed E-state index contributed by atoms with van der Waals surface area (Å²) < 4.78 is 16.1. The number of benzene rings is 2. The van der Waals surface area contributed by atoms with E-state index in [4.69, 9.17) is 4.98 Å². The second-order valence-corrected chi connectivity index (χ2v) is 8.89. The SMILES string of the molecule is CCc1ccc(-c2cn3c(CC(=O)N4CCN(c5ccccc5F)CC4)csc3n2)cc1. The fourth-order valence-corrected chi connectivity index (χ4v) is 5.05. The molecule has 5 rings (SSSR count). The molecule has 1 aliphatic heterocycles. The van der Waals surface area contributed by atoms with Gasteiger partial charge in [-0.2, -0.15) is 0 Å². The number of piperazine rings is 1. The first kappa shape index (κ1) is 20.7. The topological polar surface area (TPSA) is 40.9 Å². The molecule has 0 bridgehead atoms. The molecule has 0 spiro atoms. The van der Waals surface area contributed by atoms with Crippen LogP contribution in [0, 0.1) is 5.82 Å². The number of thiazole rings is 1. The van der Waals surface area contributed by atoms with Crippen LogP contribution in [0.1, 0.15) is 18.2 Å². The molecule has 32 heavy (non-hydrogen) atoms. The molecule has 0 saturated carbocycles. The number of aromatic nitrogens is 2. The second-order valence-electron chi connectivity index (χ2n) is 8.05. The lowest BCUT2D eigenvalue weighted by Crippen LogP contribution is -2.49. The number of imidazole rings is 1. The summed E-state index contributed by atoms with van der Waals surface area (Å²) in [6.07, 6.45) is 3.37. The van der Waals surface area contributed by atoms with Crippen molar-refractivity contribution in [3.8, 4) is 11.3 Å². The average Bonchev–Trinajstić information content (AvgIpc) is 3.41. The average molecular weight is 449 g/mol. The number of hydrogen-bond donors (Lipinski definition) is 0. The Bertz CT molecular complexity index is 1240. The lowest BCUT2D eigenvalue weighted by atomic mass is 10.1. The van der Waals surface area contributed by atoms with Gasteiger partial charge in [-0.05, 0) is 24.1 Å². The minimum absolute atomic E-state index is 0.0976.